The first-order chi connectivity index (χ1) is 8.61. The summed E-state index contributed by atoms with van der Waals surface area (Å²) in [7, 11) is 1.31. The Morgan fingerprint density at radius 2 is 2.17 bits per heavy atom. The van der Waals surface area contributed by atoms with Gasteiger partial charge < -0.3 is 15.2 Å². The number of nitrogens with zero attached hydrogens (tertiary/aromatic N) is 1. The predicted octanol–water partition coefficient (Wildman–Crippen LogP) is 0.406. The Labute approximate surface area is 110 Å². The Bertz CT molecular complexity index is 445. The van der Waals surface area contributed by atoms with E-state index in [9.17, 15) is 4.79 Å². The quantitative estimate of drug-likeness (QED) is 0.348. The van der Waals surface area contributed by atoms with Gasteiger partial charge in [0.15, 0.2) is 11.7 Å². The minimum atomic E-state index is -0.429. The van der Waals surface area contributed by atoms with Crippen molar-refractivity contribution in [3.8, 4) is 5.75 Å². The van der Waals surface area contributed by atoms with Crippen LogP contribution in [0.25, 0.3) is 0 Å². The highest BCUT2D eigenvalue weighted by molar-refractivity contribution is 7.80. The molecule has 1 aromatic rings. The van der Waals surface area contributed by atoms with Crippen LogP contribution >= 0.6 is 12.2 Å². The highest BCUT2D eigenvalue weighted by atomic mass is 32.1. The van der Waals surface area contributed by atoms with Crippen LogP contribution in [0, 0.1) is 0 Å². The molecule has 0 unspecified atom stereocenters. The van der Waals surface area contributed by atoms with E-state index >= 15 is 0 Å². The van der Waals surface area contributed by atoms with Crippen molar-refractivity contribution in [2.24, 2.45) is 10.8 Å². The maximum atomic E-state index is 10.9. The molecule has 0 saturated carbocycles. The molecule has 0 fully saturated rings. The molecule has 3 N–H and O–H groups in total. The van der Waals surface area contributed by atoms with Crippen molar-refractivity contribution < 1.29 is 14.3 Å². The molecule has 0 saturated heterocycles. The lowest BCUT2D eigenvalue weighted by Crippen LogP contribution is -2.23. The van der Waals surface area contributed by atoms with E-state index in [4.69, 9.17) is 10.5 Å². The van der Waals surface area contributed by atoms with Crippen LogP contribution in [-0.4, -0.2) is 31.0 Å². The molecule has 7 heteroatoms. The Hall–Kier alpha value is -2.15. The molecule has 0 bridgehead atoms. The second-order valence-corrected chi connectivity index (χ2v) is 3.61. The summed E-state index contributed by atoms with van der Waals surface area (Å²) in [5, 5.41) is 3.90. The van der Waals surface area contributed by atoms with Crippen molar-refractivity contribution in [1.29, 1.82) is 0 Å². The van der Waals surface area contributed by atoms with Crippen molar-refractivity contribution in [1.82, 2.24) is 5.43 Å². The van der Waals surface area contributed by atoms with E-state index in [0.717, 1.165) is 5.56 Å². The van der Waals surface area contributed by atoms with Gasteiger partial charge in [-0.2, -0.15) is 5.10 Å². The molecule has 0 heterocycles. The number of hydrogen-bond acceptors (Lipinski definition) is 5. The van der Waals surface area contributed by atoms with Crippen LogP contribution in [-0.2, 0) is 9.53 Å². The third-order valence-corrected chi connectivity index (χ3v) is 1.94. The van der Waals surface area contributed by atoms with E-state index in [1.807, 2.05) is 0 Å². The molecule has 0 radical (unpaired) electrons. The van der Waals surface area contributed by atoms with E-state index in [2.05, 4.69) is 27.5 Å². The fourth-order valence-corrected chi connectivity index (χ4v) is 1.07. The van der Waals surface area contributed by atoms with E-state index < -0.39 is 5.97 Å². The standard InChI is InChI=1S/C11H13N3O3S/c1-16-10(15)7-17-9-4-2-8(3-5-9)6-13-14-11(12)18/h2-6H,7H2,1H3,(H3,12,14,18). The number of benzene rings is 1. The summed E-state index contributed by atoms with van der Waals surface area (Å²) < 4.78 is 9.63. The summed E-state index contributed by atoms with van der Waals surface area (Å²) in [6, 6.07) is 6.98. The zero-order valence-corrected chi connectivity index (χ0v) is 10.6. The molecule has 0 amide bonds. The van der Waals surface area contributed by atoms with Crippen LogP contribution in [0.3, 0.4) is 0 Å². The largest absolute Gasteiger partial charge is 0.482 e. The van der Waals surface area contributed by atoms with Gasteiger partial charge >= 0.3 is 5.97 Å². The lowest BCUT2D eigenvalue weighted by molar-refractivity contribution is -0.142. The van der Waals surface area contributed by atoms with Crippen molar-refractivity contribution in [2.45, 2.75) is 0 Å². The molecule has 1 aromatic carbocycles. The number of hydrazone groups is 1. The smallest absolute Gasteiger partial charge is 0.343 e. The fraction of sp³-hybridized carbons (Fsp3) is 0.182. The average Bonchev–Trinajstić information content (AvgIpc) is 2.37. The van der Waals surface area contributed by atoms with Gasteiger partial charge in [-0.15, -0.1) is 0 Å². The van der Waals surface area contributed by atoms with Crippen LogP contribution in [0.15, 0.2) is 29.4 Å². The van der Waals surface area contributed by atoms with Gasteiger partial charge in [-0.3, -0.25) is 5.43 Å². The molecule has 1 rings (SSSR count). The number of ether oxygens (including phenoxy) is 2. The number of rotatable bonds is 5. The predicted molar refractivity (Wildman–Crippen MR) is 71.5 cm³/mol. The van der Waals surface area contributed by atoms with E-state index in [1.165, 1.54) is 7.11 Å². The highest BCUT2D eigenvalue weighted by Crippen LogP contribution is 2.10. The zero-order valence-electron chi connectivity index (χ0n) is 9.75. The molecule has 96 valence electrons. The van der Waals surface area contributed by atoms with Crippen molar-refractivity contribution >= 4 is 29.5 Å². The van der Waals surface area contributed by atoms with E-state index in [0.29, 0.717) is 5.75 Å². The third-order valence-electron chi connectivity index (χ3n) is 1.85. The van der Waals surface area contributed by atoms with Crippen LogP contribution in [0.1, 0.15) is 5.56 Å². The Kier molecular flexibility index (Phi) is 5.59. The second-order valence-electron chi connectivity index (χ2n) is 3.17. The van der Waals surface area contributed by atoms with Crippen LogP contribution in [0.4, 0.5) is 0 Å². The molecular weight excluding hydrogens is 254 g/mol. The van der Waals surface area contributed by atoms with Crippen molar-refractivity contribution in [3.63, 3.8) is 0 Å². The normalized spacial score (nSPS) is 10.1. The lowest BCUT2D eigenvalue weighted by Gasteiger charge is -2.04. The Balaban J connectivity index is 2.49. The van der Waals surface area contributed by atoms with Gasteiger partial charge in [0.25, 0.3) is 0 Å². The van der Waals surface area contributed by atoms with E-state index in [1.54, 1.807) is 30.5 Å². The van der Waals surface area contributed by atoms with Crippen LogP contribution < -0.4 is 15.9 Å². The van der Waals surface area contributed by atoms with Gasteiger partial charge in [0.1, 0.15) is 5.75 Å². The number of esters is 1. The molecule has 0 atom stereocenters. The number of nitrogens with one attached hydrogen (secondary N) is 1. The molecule has 0 aromatic heterocycles. The van der Waals surface area contributed by atoms with Crippen LogP contribution in [0.5, 0.6) is 5.75 Å². The van der Waals surface area contributed by atoms with Gasteiger partial charge in [-0.25, -0.2) is 4.79 Å². The molecular formula is C11H13N3O3S. The maximum absolute atomic E-state index is 10.9. The number of methoxy groups -OCH3 is 1. The summed E-state index contributed by atoms with van der Waals surface area (Å²) in [4.78, 5) is 10.9. The average molecular weight is 267 g/mol. The topological polar surface area (TPSA) is 85.9 Å². The minimum Gasteiger partial charge on any atom is -0.482 e. The number of carbonyl (C=O) groups is 1. The zero-order chi connectivity index (χ0) is 13.4. The van der Waals surface area contributed by atoms with Crippen LogP contribution in [0.2, 0.25) is 0 Å². The highest BCUT2D eigenvalue weighted by Gasteiger charge is 2.00. The van der Waals surface area contributed by atoms with Gasteiger partial charge in [0, 0.05) is 0 Å². The molecule has 18 heavy (non-hydrogen) atoms. The molecule has 0 aliphatic carbocycles. The van der Waals surface area contributed by atoms with Gasteiger partial charge in [0.05, 0.1) is 13.3 Å². The third kappa shape index (κ3) is 5.26. The monoisotopic (exact) mass is 267 g/mol. The first kappa shape index (κ1) is 13.9. The van der Waals surface area contributed by atoms with E-state index in [-0.39, 0.29) is 11.7 Å². The number of carbonyl (C=O) groups excluding carboxylic acids is 1. The number of nitrogens with two attached hydrogens (primary N) is 1. The first-order valence-corrected chi connectivity index (χ1v) is 5.41. The fourth-order valence-electron chi connectivity index (χ4n) is 1.02. The second kappa shape index (κ2) is 7.23. The summed E-state index contributed by atoms with van der Waals surface area (Å²) in [6.45, 7) is -0.118. The van der Waals surface area contributed by atoms with Crippen molar-refractivity contribution in [3.05, 3.63) is 29.8 Å². The maximum Gasteiger partial charge on any atom is 0.343 e. The minimum absolute atomic E-state index is 0.101. The molecule has 6 nitrogen and oxygen atoms in total. The summed E-state index contributed by atoms with van der Waals surface area (Å²) >= 11 is 4.59. The number of thiocarbonyl (C=S) groups is 1. The molecule has 0 spiro atoms. The van der Waals surface area contributed by atoms with Gasteiger partial charge in [-0.1, -0.05) is 0 Å². The molecule has 0 aliphatic rings. The van der Waals surface area contributed by atoms with Gasteiger partial charge in [-0.05, 0) is 42.0 Å². The number of hydrogen-bond donors (Lipinski definition) is 2. The first-order valence-electron chi connectivity index (χ1n) is 5.00. The van der Waals surface area contributed by atoms with Gasteiger partial charge in [0.2, 0.25) is 0 Å². The molecule has 0 aliphatic heterocycles. The Morgan fingerprint density at radius 1 is 1.50 bits per heavy atom. The van der Waals surface area contributed by atoms with Crippen molar-refractivity contribution in [2.75, 3.05) is 13.7 Å². The SMILES string of the molecule is COC(=O)COc1ccc(C=NNC(N)=S)cc1. The summed E-state index contributed by atoms with van der Waals surface area (Å²) in [6.07, 6.45) is 1.56. The Morgan fingerprint density at radius 3 is 2.72 bits per heavy atom. The lowest BCUT2D eigenvalue weighted by atomic mass is 10.2. The summed E-state index contributed by atoms with van der Waals surface area (Å²) in [5.74, 6) is 0.140. The summed E-state index contributed by atoms with van der Waals surface area (Å²) in [5.41, 5.74) is 8.48.